The van der Waals surface area contributed by atoms with Crippen LogP contribution in [0.3, 0.4) is 0 Å². The molecule has 0 amide bonds. The molecule has 0 rings (SSSR count). The van der Waals surface area contributed by atoms with Crippen LogP contribution in [0.2, 0.25) is 0 Å². The molecule has 0 unspecified atom stereocenters. The molecule has 0 aliphatic carbocycles. The van der Waals surface area contributed by atoms with Gasteiger partial charge in [-0.2, -0.15) is 0 Å². The third kappa shape index (κ3) is 42.4. The van der Waals surface area contributed by atoms with E-state index in [1.807, 2.05) is 0 Å². The summed E-state index contributed by atoms with van der Waals surface area (Å²) < 4.78 is 48.0. The Labute approximate surface area is 318 Å². The number of ether oxygens (including phenoxy) is 9. The van der Waals surface area contributed by atoms with Crippen LogP contribution in [0.25, 0.3) is 0 Å². The van der Waals surface area contributed by atoms with E-state index in [1.54, 1.807) is 0 Å². The molecule has 1 N–H and O–H groups in total. The quantitative estimate of drug-likeness (QED) is 0.0443. The van der Waals surface area contributed by atoms with Crippen LogP contribution in [0.4, 0.5) is 0 Å². The van der Waals surface area contributed by atoms with Crippen molar-refractivity contribution in [3.8, 4) is 0 Å². The summed E-state index contributed by atoms with van der Waals surface area (Å²) in [6, 6.07) is 0. The SMILES string of the molecule is CCCCCCCCCCCCCCCCCC(=O)OCCOCCOCCOCCOCCOCCOCCOCCOC(=O)CCC(=O)C(=O)O. The van der Waals surface area contributed by atoms with Crippen LogP contribution in [-0.4, -0.2) is 135 Å². The molecule has 0 aromatic carbocycles. The van der Waals surface area contributed by atoms with Crippen molar-refractivity contribution in [3.63, 3.8) is 0 Å². The van der Waals surface area contributed by atoms with Gasteiger partial charge >= 0.3 is 17.9 Å². The van der Waals surface area contributed by atoms with Crippen LogP contribution >= 0.6 is 0 Å². The average molecular weight is 765 g/mol. The highest BCUT2D eigenvalue weighted by Gasteiger charge is 2.14. The number of aliphatic carboxylic acids is 1. The number of rotatable bonds is 44. The fourth-order valence-electron chi connectivity index (χ4n) is 4.96. The Morgan fingerprint density at radius 3 is 0.906 bits per heavy atom. The van der Waals surface area contributed by atoms with E-state index in [-0.39, 0.29) is 38.6 Å². The van der Waals surface area contributed by atoms with Crippen molar-refractivity contribution < 1.29 is 66.9 Å². The van der Waals surface area contributed by atoms with Crippen LogP contribution < -0.4 is 0 Å². The van der Waals surface area contributed by atoms with Gasteiger partial charge in [-0.15, -0.1) is 0 Å². The molecule has 0 saturated carbocycles. The molecule has 0 aliphatic heterocycles. The molecule has 0 aliphatic rings. The highest BCUT2D eigenvalue weighted by atomic mass is 16.6. The number of carboxylic acids is 1. The van der Waals surface area contributed by atoms with Crippen LogP contribution in [0.1, 0.15) is 122 Å². The number of carbonyl (C=O) groups excluding carboxylic acids is 3. The first-order valence-corrected chi connectivity index (χ1v) is 20.1. The van der Waals surface area contributed by atoms with Crippen LogP contribution in [-0.2, 0) is 61.8 Å². The second-order valence-corrected chi connectivity index (χ2v) is 12.7. The number of hydrogen-bond acceptors (Lipinski definition) is 13. The summed E-state index contributed by atoms with van der Waals surface area (Å²) in [6.45, 7) is 8.15. The van der Waals surface area contributed by atoms with Crippen molar-refractivity contribution in [1.29, 1.82) is 0 Å². The minimum atomic E-state index is -1.56. The van der Waals surface area contributed by atoms with Gasteiger partial charge in [-0.05, 0) is 6.42 Å². The highest BCUT2D eigenvalue weighted by molar-refractivity contribution is 6.32. The van der Waals surface area contributed by atoms with E-state index in [4.69, 9.17) is 47.7 Å². The first kappa shape index (κ1) is 50.8. The molecule has 312 valence electrons. The maximum Gasteiger partial charge on any atom is 0.372 e. The summed E-state index contributed by atoms with van der Waals surface area (Å²) in [5.74, 6) is -3.38. The maximum atomic E-state index is 11.9. The van der Waals surface area contributed by atoms with Gasteiger partial charge < -0.3 is 47.7 Å². The molecule has 0 aromatic heterocycles. The van der Waals surface area contributed by atoms with Gasteiger partial charge in [0.2, 0.25) is 5.78 Å². The number of hydrogen-bond donors (Lipinski definition) is 1. The second-order valence-electron chi connectivity index (χ2n) is 12.7. The fourth-order valence-corrected chi connectivity index (χ4v) is 4.96. The molecular formula is C39H72O14. The molecule has 0 fully saturated rings. The van der Waals surface area contributed by atoms with Crippen molar-refractivity contribution in [2.24, 2.45) is 0 Å². The van der Waals surface area contributed by atoms with Gasteiger partial charge in [-0.3, -0.25) is 14.4 Å². The minimum absolute atomic E-state index is 0.0131. The van der Waals surface area contributed by atoms with Gasteiger partial charge in [0, 0.05) is 12.8 Å². The third-order valence-electron chi connectivity index (χ3n) is 7.99. The zero-order valence-electron chi connectivity index (χ0n) is 32.8. The van der Waals surface area contributed by atoms with E-state index in [2.05, 4.69) is 6.92 Å². The van der Waals surface area contributed by atoms with E-state index in [9.17, 15) is 19.2 Å². The van der Waals surface area contributed by atoms with Crippen molar-refractivity contribution in [2.45, 2.75) is 122 Å². The number of ketones is 1. The van der Waals surface area contributed by atoms with Crippen LogP contribution in [0.15, 0.2) is 0 Å². The largest absolute Gasteiger partial charge is 0.476 e. The van der Waals surface area contributed by atoms with Gasteiger partial charge in [-0.1, -0.05) is 96.8 Å². The molecular weight excluding hydrogens is 692 g/mol. The average Bonchev–Trinajstić information content (AvgIpc) is 3.15. The standard InChI is InChI=1S/C39H72O14/c1-2-3-4-5-6-7-8-9-10-11-12-13-14-15-16-17-37(41)52-34-32-50-30-28-48-26-24-46-22-20-45-21-23-47-25-27-49-29-31-51-33-35-53-38(42)19-18-36(40)39(43)44/h2-35H2,1H3,(H,43,44). The topological polar surface area (TPSA) is 172 Å². The number of carbonyl (C=O) groups is 4. The molecule has 14 heteroatoms. The van der Waals surface area contributed by atoms with E-state index in [0.717, 1.165) is 12.8 Å². The summed E-state index contributed by atoms with van der Waals surface area (Å²) in [6.07, 6.45) is 19.4. The summed E-state index contributed by atoms with van der Waals surface area (Å²) in [5.41, 5.74) is 0. The maximum absolute atomic E-state index is 11.9. The van der Waals surface area contributed by atoms with E-state index >= 15 is 0 Å². The molecule has 53 heavy (non-hydrogen) atoms. The van der Waals surface area contributed by atoms with Gasteiger partial charge in [0.15, 0.2) is 0 Å². The summed E-state index contributed by atoms with van der Waals surface area (Å²) in [4.78, 5) is 44.6. The molecule has 0 atom stereocenters. The number of carboxylic acid groups (broad SMARTS) is 1. The van der Waals surface area contributed by atoms with Crippen molar-refractivity contribution in [3.05, 3.63) is 0 Å². The lowest BCUT2D eigenvalue weighted by molar-refractivity contribution is -0.151. The summed E-state index contributed by atoms with van der Waals surface area (Å²) in [5, 5.41) is 8.45. The minimum Gasteiger partial charge on any atom is -0.476 e. The Bertz CT molecular complexity index is 841. The predicted molar refractivity (Wildman–Crippen MR) is 199 cm³/mol. The molecule has 0 spiro atoms. The predicted octanol–water partition coefficient (Wildman–Crippen LogP) is 5.88. The van der Waals surface area contributed by atoms with Crippen LogP contribution in [0.5, 0.6) is 0 Å². The summed E-state index contributed by atoms with van der Waals surface area (Å²) >= 11 is 0. The molecule has 0 bridgehead atoms. The lowest BCUT2D eigenvalue weighted by Gasteiger charge is -2.09. The third-order valence-corrected chi connectivity index (χ3v) is 7.99. The Morgan fingerprint density at radius 2 is 0.604 bits per heavy atom. The first-order valence-electron chi connectivity index (χ1n) is 20.1. The highest BCUT2D eigenvalue weighted by Crippen LogP contribution is 2.14. The lowest BCUT2D eigenvalue weighted by Crippen LogP contribution is -2.17. The number of esters is 2. The van der Waals surface area contributed by atoms with Gasteiger partial charge in [0.1, 0.15) is 13.2 Å². The van der Waals surface area contributed by atoms with Crippen molar-refractivity contribution >= 4 is 23.7 Å². The molecule has 0 heterocycles. The Morgan fingerprint density at radius 1 is 0.340 bits per heavy atom. The number of Topliss-reactive ketones (excluding diaryl/α,β-unsaturated/α-hetero) is 1. The van der Waals surface area contributed by atoms with E-state index < -0.39 is 17.7 Å². The van der Waals surface area contributed by atoms with Crippen molar-refractivity contribution in [2.75, 3.05) is 106 Å². The monoisotopic (exact) mass is 764 g/mol. The second kappa shape index (κ2) is 42.5. The molecule has 0 radical (unpaired) electrons. The summed E-state index contributed by atoms with van der Waals surface area (Å²) in [7, 11) is 0. The zero-order chi connectivity index (χ0) is 38.7. The van der Waals surface area contributed by atoms with Gasteiger partial charge in [0.25, 0.3) is 0 Å². The molecule has 14 nitrogen and oxygen atoms in total. The van der Waals surface area contributed by atoms with E-state index in [0.29, 0.717) is 92.3 Å². The lowest BCUT2D eigenvalue weighted by atomic mass is 10.0. The number of unbranched alkanes of at least 4 members (excludes halogenated alkanes) is 14. The van der Waals surface area contributed by atoms with Gasteiger partial charge in [0.05, 0.1) is 98.9 Å². The Balaban J connectivity index is 3.19. The van der Waals surface area contributed by atoms with E-state index in [1.165, 1.54) is 83.5 Å². The fraction of sp³-hybridized carbons (Fsp3) is 0.897. The normalized spacial score (nSPS) is 11.2. The Hall–Kier alpha value is -2.20. The molecule has 0 aromatic rings. The molecule has 0 saturated heterocycles. The van der Waals surface area contributed by atoms with Crippen molar-refractivity contribution in [1.82, 2.24) is 0 Å². The smallest absolute Gasteiger partial charge is 0.372 e. The van der Waals surface area contributed by atoms with Gasteiger partial charge in [-0.25, -0.2) is 4.79 Å². The Kier molecular flexibility index (Phi) is 40.8. The first-order chi connectivity index (χ1) is 26.0. The van der Waals surface area contributed by atoms with Crippen LogP contribution in [0, 0.1) is 0 Å². The zero-order valence-corrected chi connectivity index (χ0v) is 32.8.